The standard InChI is InChI=1S/C23H16FNO3S/c24-17-10-8-15(9-11-17)19-13-29-22(21(19)23(27)28)25-20(26)12-16-6-3-5-14-4-1-2-7-18(14)16/h1-11,13H,12H2,(H,25,26)(H,27,28)/p-1. The normalized spacial score (nSPS) is 10.8. The predicted octanol–water partition coefficient (Wildman–Crippen LogP) is 4.25. The molecule has 0 atom stereocenters. The Hall–Kier alpha value is -3.51. The van der Waals surface area contributed by atoms with E-state index in [2.05, 4.69) is 5.32 Å². The highest BCUT2D eigenvalue weighted by Crippen LogP contribution is 2.35. The molecular formula is C23H15FNO3S-. The number of anilines is 1. The van der Waals surface area contributed by atoms with Gasteiger partial charge >= 0.3 is 0 Å². The van der Waals surface area contributed by atoms with Crippen LogP contribution in [0.1, 0.15) is 15.9 Å². The van der Waals surface area contributed by atoms with Gasteiger partial charge in [0.2, 0.25) is 5.91 Å². The molecule has 4 aromatic rings. The molecule has 29 heavy (non-hydrogen) atoms. The molecule has 1 amide bonds. The van der Waals surface area contributed by atoms with Crippen molar-refractivity contribution in [1.29, 1.82) is 0 Å². The second-order valence-corrected chi connectivity index (χ2v) is 7.39. The second kappa shape index (κ2) is 7.85. The first kappa shape index (κ1) is 18.8. The molecule has 0 aliphatic carbocycles. The molecule has 4 nitrogen and oxygen atoms in total. The van der Waals surface area contributed by atoms with Gasteiger partial charge in [0.25, 0.3) is 0 Å². The number of carbonyl (C=O) groups is 2. The van der Waals surface area contributed by atoms with Gasteiger partial charge in [0.05, 0.1) is 12.4 Å². The number of aromatic carboxylic acids is 1. The minimum atomic E-state index is -1.40. The molecule has 0 spiro atoms. The van der Waals surface area contributed by atoms with E-state index in [1.54, 1.807) is 5.38 Å². The van der Waals surface area contributed by atoms with Crippen LogP contribution in [0.15, 0.2) is 72.1 Å². The van der Waals surface area contributed by atoms with Crippen molar-refractivity contribution in [3.63, 3.8) is 0 Å². The Morgan fingerprint density at radius 3 is 2.45 bits per heavy atom. The lowest BCUT2D eigenvalue weighted by atomic mass is 10.0. The van der Waals surface area contributed by atoms with Gasteiger partial charge in [-0.2, -0.15) is 0 Å². The summed E-state index contributed by atoms with van der Waals surface area (Å²) in [6.45, 7) is 0. The molecule has 144 valence electrons. The van der Waals surface area contributed by atoms with E-state index in [0.29, 0.717) is 11.1 Å². The number of fused-ring (bicyclic) bond motifs is 1. The number of carbonyl (C=O) groups excluding carboxylic acids is 2. The molecule has 0 saturated heterocycles. The van der Waals surface area contributed by atoms with Crippen LogP contribution in [-0.2, 0) is 11.2 Å². The minimum Gasteiger partial charge on any atom is -0.545 e. The van der Waals surface area contributed by atoms with Crippen molar-refractivity contribution in [3.05, 3.63) is 89.1 Å². The number of hydrogen-bond acceptors (Lipinski definition) is 4. The molecule has 1 N–H and O–H groups in total. The molecule has 0 saturated carbocycles. The third-order valence-corrected chi connectivity index (χ3v) is 5.53. The fourth-order valence-electron chi connectivity index (χ4n) is 3.28. The van der Waals surface area contributed by atoms with Gasteiger partial charge in [0.15, 0.2) is 0 Å². The second-order valence-electron chi connectivity index (χ2n) is 6.51. The van der Waals surface area contributed by atoms with E-state index in [-0.39, 0.29) is 22.9 Å². The van der Waals surface area contributed by atoms with Crippen LogP contribution in [0.2, 0.25) is 0 Å². The van der Waals surface area contributed by atoms with Crippen LogP contribution < -0.4 is 10.4 Å². The summed E-state index contributed by atoms with van der Waals surface area (Å²) in [6.07, 6.45) is 0.109. The third kappa shape index (κ3) is 3.88. The number of benzene rings is 3. The largest absolute Gasteiger partial charge is 0.545 e. The van der Waals surface area contributed by atoms with Crippen molar-refractivity contribution in [2.45, 2.75) is 6.42 Å². The lowest BCUT2D eigenvalue weighted by Gasteiger charge is -2.11. The van der Waals surface area contributed by atoms with Gasteiger partial charge in [-0.3, -0.25) is 4.79 Å². The first-order chi connectivity index (χ1) is 14.0. The summed E-state index contributed by atoms with van der Waals surface area (Å²) in [6, 6.07) is 19.0. The zero-order valence-corrected chi connectivity index (χ0v) is 16.0. The molecular weight excluding hydrogens is 389 g/mol. The number of halogens is 1. The monoisotopic (exact) mass is 404 g/mol. The van der Waals surface area contributed by atoms with E-state index in [0.717, 1.165) is 27.7 Å². The molecule has 4 rings (SSSR count). The Bertz CT molecular complexity index is 1210. The van der Waals surface area contributed by atoms with Gasteiger partial charge in [-0.25, -0.2) is 4.39 Å². The van der Waals surface area contributed by atoms with Gasteiger partial charge in [0.1, 0.15) is 10.8 Å². The molecule has 1 aromatic heterocycles. The van der Waals surface area contributed by atoms with Crippen LogP contribution in [0.25, 0.3) is 21.9 Å². The molecule has 3 aromatic carbocycles. The molecule has 0 bridgehead atoms. The van der Waals surface area contributed by atoms with E-state index in [1.807, 2.05) is 42.5 Å². The van der Waals surface area contributed by atoms with E-state index >= 15 is 0 Å². The summed E-state index contributed by atoms with van der Waals surface area (Å²) in [4.78, 5) is 24.4. The Morgan fingerprint density at radius 2 is 1.69 bits per heavy atom. The zero-order valence-electron chi connectivity index (χ0n) is 15.1. The first-order valence-corrected chi connectivity index (χ1v) is 9.76. The fourth-order valence-corrected chi connectivity index (χ4v) is 4.26. The van der Waals surface area contributed by atoms with Gasteiger partial charge < -0.3 is 15.2 Å². The summed E-state index contributed by atoms with van der Waals surface area (Å²) in [5.74, 6) is -2.13. The summed E-state index contributed by atoms with van der Waals surface area (Å²) < 4.78 is 13.2. The number of thiophene rings is 1. The maximum atomic E-state index is 13.2. The highest BCUT2D eigenvalue weighted by atomic mass is 32.1. The predicted molar refractivity (Wildman–Crippen MR) is 110 cm³/mol. The lowest BCUT2D eigenvalue weighted by molar-refractivity contribution is -0.254. The molecule has 1 heterocycles. The quantitative estimate of drug-likeness (QED) is 0.541. The SMILES string of the molecule is O=C(Cc1cccc2ccccc12)Nc1scc(-c2ccc(F)cc2)c1C(=O)[O-]. The molecule has 6 heteroatoms. The maximum Gasteiger partial charge on any atom is 0.229 e. The average molecular weight is 404 g/mol. The van der Waals surface area contributed by atoms with Crippen LogP contribution in [0.3, 0.4) is 0 Å². The van der Waals surface area contributed by atoms with Crippen LogP contribution >= 0.6 is 11.3 Å². The molecule has 0 aliphatic heterocycles. The Balaban J connectivity index is 1.61. The summed E-state index contributed by atoms with van der Waals surface area (Å²) in [7, 11) is 0. The Labute approximate surface area is 170 Å². The van der Waals surface area contributed by atoms with E-state index in [1.165, 1.54) is 24.3 Å². The highest BCUT2D eigenvalue weighted by Gasteiger charge is 2.17. The molecule has 0 aliphatic rings. The Kier molecular flexibility index (Phi) is 5.10. The number of amides is 1. The van der Waals surface area contributed by atoms with Crippen molar-refractivity contribution >= 4 is 39.0 Å². The molecule has 0 fully saturated rings. The van der Waals surface area contributed by atoms with Gasteiger partial charge in [-0.15, -0.1) is 11.3 Å². The van der Waals surface area contributed by atoms with Gasteiger partial charge in [-0.05, 0) is 34.0 Å². The fraction of sp³-hybridized carbons (Fsp3) is 0.0435. The number of hydrogen-bond donors (Lipinski definition) is 1. The maximum absolute atomic E-state index is 13.2. The third-order valence-electron chi connectivity index (χ3n) is 4.63. The smallest absolute Gasteiger partial charge is 0.229 e. The van der Waals surface area contributed by atoms with E-state index in [4.69, 9.17) is 0 Å². The minimum absolute atomic E-state index is 0.104. The van der Waals surface area contributed by atoms with Crippen molar-refractivity contribution in [2.75, 3.05) is 5.32 Å². The molecule has 0 radical (unpaired) electrons. The number of nitrogens with one attached hydrogen (secondary N) is 1. The lowest BCUT2D eigenvalue weighted by Crippen LogP contribution is -2.24. The highest BCUT2D eigenvalue weighted by molar-refractivity contribution is 7.15. The van der Waals surface area contributed by atoms with Crippen LogP contribution in [0.4, 0.5) is 9.39 Å². The number of carboxylic acid groups (broad SMARTS) is 1. The topological polar surface area (TPSA) is 69.2 Å². The summed E-state index contributed by atoms with van der Waals surface area (Å²) >= 11 is 1.10. The Morgan fingerprint density at radius 1 is 0.966 bits per heavy atom. The van der Waals surface area contributed by atoms with Crippen molar-refractivity contribution in [2.24, 2.45) is 0 Å². The van der Waals surface area contributed by atoms with E-state index in [9.17, 15) is 19.1 Å². The van der Waals surface area contributed by atoms with Crippen molar-refractivity contribution in [3.8, 4) is 11.1 Å². The first-order valence-electron chi connectivity index (χ1n) is 8.88. The van der Waals surface area contributed by atoms with Crippen LogP contribution in [0.5, 0.6) is 0 Å². The molecule has 0 unspecified atom stereocenters. The van der Waals surface area contributed by atoms with Crippen molar-refractivity contribution in [1.82, 2.24) is 0 Å². The zero-order chi connectivity index (χ0) is 20.4. The average Bonchev–Trinajstić information content (AvgIpc) is 3.12. The summed E-state index contributed by atoms with van der Waals surface area (Å²) in [5.41, 5.74) is 1.67. The van der Waals surface area contributed by atoms with Gasteiger partial charge in [-0.1, -0.05) is 54.6 Å². The van der Waals surface area contributed by atoms with Crippen LogP contribution in [-0.4, -0.2) is 11.9 Å². The van der Waals surface area contributed by atoms with Gasteiger partial charge in [0, 0.05) is 16.5 Å². The number of rotatable bonds is 5. The number of carboxylic acids is 1. The summed E-state index contributed by atoms with van der Waals surface area (Å²) in [5, 5.41) is 18.2. The van der Waals surface area contributed by atoms with Crippen LogP contribution in [0, 0.1) is 5.82 Å². The van der Waals surface area contributed by atoms with E-state index < -0.39 is 11.8 Å². The van der Waals surface area contributed by atoms with Crippen molar-refractivity contribution < 1.29 is 19.1 Å².